The highest BCUT2D eigenvalue weighted by Gasteiger charge is 2.80. The van der Waals surface area contributed by atoms with E-state index in [1.807, 2.05) is 24.3 Å². The van der Waals surface area contributed by atoms with E-state index >= 15 is 0 Å². The molecule has 1 aromatic carbocycles. The quantitative estimate of drug-likeness (QED) is 0.287. The zero-order valence-corrected chi connectivity index (χ0v) is 24.4. The van der Waals surface area contributed by atoms with Crippen molar-refractivity contribution < 1.29 is 14.6 Å². The summed E-state index contributed by atoms with van der Waals surface area (Å²) in [4.78, 5) is 22.1. The predicted octanol–water partition coefficient (Wildman–Crippen LogP) is 5.99. The van der Waals surface area contributed by atoms with Crippen LogP contribution in [0.5, 0.6) is 5.88 Å². The number of pyridine rings is 2. The van der Waals surface area contributed by atoms with Gasteiger partial charge < -0.3 is 20.5 Å². The Bertz CT molecular complexity index is 1490. The van der Waals surface area contributed by atoms with Gasteiger partial charge in [-0.15, -0.1) is 11.8 Å². The molecule has 1 spiro atoms. The molecule has 3 heterocycles. The van der Waals surface area contributed by atoms with Crippen molar-refractivity contribution in [3.8, 4) is 5.88 Å². The Morgan fingerprint density at radius 3 is 2.95 bits per heavy atom. The van der Waals surface area contributed by atoms with Crippen LogP contribution in [-0.2, 0) is 11.3 Å². The first-order chi connectivity index (χ1) is 19.4. The average Bonchev–Trinajstić information content (AvgIpc) is 3.28. The number of rotatable bonds is 9. The Balaban J connectivity index is 0.955. The third kappa shape index (κ3) is 4.30. The first kappa shape index (κ1) is 26.5. The summed E-state index contributed by atoms with van der Waals surface area (Å²) in [5.74, 6) is 4.82. The van der Waals surface area contributed by atoms with Gasteiger partial charge >= 0.3 is 0 Å². The molecule has 7 rings (SSSR count). The molecule has 210 valence electrons. The van der Waals surface area contributed by atoms with Gasteiger partial charge in [-0.2, -0.15) is 0 Å². The van der Waals surface area contributed by atoms with Crippen LogP contribution in [0.3, 0.4) is 0 Å². The highest BCUT2D eigenvalue weighted by Crippen LogP contribution is 2.84. The maximum absolute atomic E-state index is 11.7. The number of hydrogen-bond acceptors (Lipinski definition) is 7. The van der Waals surface area contributed by atoms with E-state index in [0.29, 0.717) is 45.9 Å². The van der Waals surface area contributed by atoms with Gasteiger partial charge in [0.1, 0.15) is 5.82 Å². The molecular formula is C31H35ClN4O3S. The van der Waals surface area contributed by atoms with Gasteiger partial charge in [-0.05, 0) is 79.0 Å². The van der Waals surface area contributed by atoms with E-state index in [1.54, 1.807) is 18.9 Å². The van der Waals surface area contributed by atoms with E-state index < -0.39 is 6.10 Å². The average molecular weight is 579 g/mol. The lowest BCUT2D eigenvalue weighted by Gasteiger charge is -2.40. The van der Waals surface area contributed by atoms with Gasteiger partial charge in [-0.3, -0.25) is 4.79 Å². The van der Waals surface area contributed by atoms with Crippen LogP contribution >= 0.6 is 23.4 Å². The number of aromatic nitrogens is 2. The lowest BCUT2D eigenvalue weighted by Crippen LogP contribution is -2.34. The van der Waals surface area contributed by atoms with E-state index in [1.165, 1.54) is 12.8 Å². The standard InChI is InChI=1S/C31H35ClN4O3S/c1-16-28-20(4-3-5-23(37)27-22(32)9-6-17-7-11-26(39-2)36-29(17)27)21-12-19(13-31(16,21)28)33-14-18-8-10-24-30(34-18)35-25(38)15-40-24/h6-11,16,19-21,23,28,33,37H,3-5,12-15H2,1-2H3,(H,34,35,38)/t16-,19?,20?,21?,23?,28?,31?/m0/s1. The molecule has 3 aromatic rings. The van der Waals surface area contributed by atoms with Crippen LogP contribution in [0.1, 0.15) is 56.4 Å². The van der Waals surface area contributed by atoms with Crippen molar-refractivity contribution in [2.45, 2.75) is 62.6 Å². The van der Waals surface area contributed by atoms with Crippen LogP contribution in [0.4, 0.5) is 5.82 Å². The zero-order chi connectivity index (χ0) is 27.6. The summed E-state index contributed by atoms with van der Waals surface area (Å²) in [7, 11) is 1.60. The number of hydrogen-bond donors (Lipinski definition) is 3. The summed E-state index contributed by atoms with van der Waals surface area (Å²) in [6.07, 6.45) is 4.61. The van der Waals surface area contributed by atoms with Crippen molar-refractivity contribution in [3.63, 3.8) is 0 Å². The number of fused-ring (bicyclic) bond motifs is 2. The fourth-order valence-corrected chi connectivity index (χ4v) is 9.47. The van der Waals surface area contributed by atoms with Crippen LogP contribution in [0, 0.1) is 29.1 Å². The molecule has 40 heavy (non-hydrogen) atoms. The third-order valence-corrected chi connectivity index (χ3v) is 11.6. The molecule has 3 fully saturated rings. The van der Waals surface area contributed by atoms with Crippen molar-refractivity contribution >= 4 is 46.0 Å². The topological polar surface area (TPSA) is 96.4 Å². The van der Waals surface area contributed by atoms with Gasteiger partial charge in [-0.25, -0.2) is 9.97 Å². The molecule has 6 unspecified atom stereocenters. The third-order valence-electron chi connectivity index (χ3n) is 10.2. The molecular weight excluding hydrogens is 544 g/mol. The van der Waals surface area contributed by atoms with E-state index in [9.17, 15) is 9.90 Å². The number of ether oxygens (including phenoxy) is 1. The highest BCUT2D eigenvalue weighted by molar-refractivity contribution is 8.00. The van der Waals surface area contributed by atoms with Crippen LogP contribution in [-0.4, -0.2) is 39.9 Å². The van der Waals surface area contributed by atoms with Crippen LogP contribution < -0.4 is 15.4 Å². The second kappa shape index (κ2) is 10.2. The number of benzene rings is 1. The largest absolute Gasteiger partial charge is 0.481 e. The molecule has 0 saturated heterocycles. The van der Waals surface area contributed by atoms with Gasteiger partial charge in [0.15, 0.2) is 0 Å². The first-order valence-corrected chi connectivity index (χ1v) is 15.7. The number of aliphatic hydroxyl groups excluding tert-OH is 1. The highest BCUT2D eigenvalue weighted by atomic mass is 35.5. The molecule has 7 nitrogen and oxygen atoms in total. The van der Waals surface area contributed by atoms with Crippen LogP contribution in [0.15, 0.2) is 41.3 Å². The van der Waals surface area contributed by atoms with Gasteiger partial charge in [0.05, 0.1) is 35.1 Å². The van der Waals surface area contributed by atoms with Crippen molar-refractivity contribution in [2.24, 2.45) is 29.1 Å². The molecule has 3 N–H and O–H groups in total. The SMILES string of the molecule is COc1ccc2ccc(Cl)c(C(O)CCCC3C4CC(NCc5ccc6c(n5)NC(=O)CS6)CC45C3[C@@H]5C)c2n1. The number of carbonyl (C=O) groups excluding carboxylic acids is 1. The minimum Gasteiger partial charge on any atom is -0.481 e. The Hall–Kier alpha value is -2.39. The molecule has 7 atom stereocenters. The molecule has 0 radical (unpaired) electrons. The maximum atomic E-state index is 11.7. The smallest absolute Gasteiger partial charge is 0.235 e. The van der Waals surface area contributed by atoms with E-state index in [-0.39, 0.29) is 5.91 Å². The number of carbonyl (C=O) groups is 1. The number of nitrogens with zero attached hydrogens (tertiary/aromatic N) is 2. The fourth-order valence-electron chi connectivity index (χ4n) is 8.44. The normalized spacial score (nSPS) is 30.6. The number of amides is 1. The van der Waals surface area contributed by atoms with E-state index in [4.69, 9.17) is 21.3 Å². The monoisotopic (exact) mass is 578 g/mol. The maximum Gasteiger partial charge on any atom is 0.235 e. The lowest BCUT2D eigenvalue weighted by atomic mass is 9.64. The van der Waals surface area contributed by atoms with Crippen molar-refractivity contribution in [1.29, 1.82) is 0 Å². The minimum atomic E-state index is -0.650. The number of methoxy groups -OCH3 is 1. The molecule has 3 saturated carbocycles. The van der Waals surface area contributed by atoms with Gasteiger partial charge in [0.2, 0.25) is 11.8 Å². The molecule has 3 aliphatic carbocycles. The Labute approximate surface area is 243 Å². The molecule has 9 heteroatoms. The predicted molar refractivity (Wildman–Crippen MR) is 158 cm³/mol. The molecule has 1 amide bonds. The van der Waals surface area contributed by atoms with Crippen molar-refractivity contribution in [3.05, 3.63) is 52.7 Å². The summed E-state index contributed by atoms with van der Waals surface area (Å²) in [5.41, 5.74) is 2.93. The molecule has 0 bridgehead atoms. The number of halogens is 1. The second-order valence-corrected chi connectivity index (χ2v) is 13.5. The lowest BCUT2D eigenvalue weighted by molar-refractivity contribution is -0.113. The van der Waals surface area contributed by atoms with Crippen molar-refractivity contribution in [1.82, 2.24) is 15.3 Å². The molecule has 4 aliphatic rings. The second-order valence-electron chi connectivity index (χ2n) is 12.0. The summed E-state index contributed by atoms with van der Waals surface area (Å²) < 4.78 is 5.31. The molecule has 2 aromatic heterocycles. The van der Waals surface area contributed by atoms with E-state index in [0.717, 1.165) is 64.6 Å². The number of anilines is 1. The summed E-state index contributed by atoms with van der Waals surface area (Å²) >= 11 is 8.10. The number of aliphatic hydroxyl groups is 1. The number of thioether (sulfide) groups is 1. The van der Waals surface area contributed by atoms with E-state index in [2.05, 4.69) is 34.7 Å². The van der Waals surface area contributed by atoms with Crippen LogP contribution in [0.25, 0.3) is 10.9 Å². The molecule has 1 aliphatic heterocycles. The Kier molecular flexibility index (Phi) is 6.73. The Morgan fingerprint density at radius 2 is 2.10 bits per heavy atom. The minimum absolute atomic E-state index is 0.0195. The van der Waals surface area contributed by atoms with Gasteiger partial charge in [0, 0.05) is 34.6 Å². The first-order valence-electron chi connectivity index (χ1n) is 14.4. The van der Waals surface area contributed by atoms with Crippen LogP contribution in [0.2, 0.25) is 5.02 Å². The summed E-state index contributed by atoms with van der Waals surface area (Å²) in [6, 6.07) is 12.2. The summed E-state index contributed by atoms with van der Waals surface area (Å²) in [6.45, 7) is 3.16. The number of nitrogens with one attached hydrogen (secondary N) is 2. The zero-order valence-electron chi connectivity index (χ0n) is 22.8. The Morgan fingerprint density at radius 1 is 1.25 bits per heavy atom. The van der Waals surface area contributed by atoms with Gasteiger partial charge in [0.25, 0.3) is 0 Å². The summed E-state index contributed by atoms with van der Waals surface area (Å²) in [5, 5.41) is 19.4. The fraction of sp³-hybridized carbons (Fsp3) is 0.516. The van der Waals surface area contributed by atoms with Crippen molar-refractivity contribution in [2.75, 3.05) is 18.2 Å². The van der Waals surface area contributed by atoms with Gasteiger partial charge in [-0.1, -0.05) is 31.0 Å².